The second-order valence-corrected chi connectivity index (χ2v) is 9.18. The third-order valence-corrected chi connectivity index (χ3v) is 4.83. The number of rotatable bonds is 9. The Morgan fingerprint density at radius 3 is 1.37 bits per heavy atom. The normalized spacial score (nSPS) is 15.0. The molecule has 0 spiro atoms. The first kappa shape index (κ1) is 27.9. The Balaban J connectivity index is 0.000000503. The summed E-state index contributed by atoms with van der Waals surface area (Å²) < 4.78 is 57.6. The van der Waals surface area contributed by atoms with Gasteiger partial charge in [-0.2, -0.15) is 0 Å². The smallest absolute Gasteiger partial charge is 0.187 e. The number of nitrogens with zero attached hydrogens (tertiary/aromatic N) is 2. The largest absolute Gasteiger partial charge is 0.748 e. The van der Waals surface area contributed by atoms with Crippen LogP contribution in [0, 0.1) is 11.8 Å². The Bertz CT molecular complexity index is 757. The van der Waals surface area contributed by atoms with E-state index in [-0.39, 0.29) is 0 Å². The van der Waals surface area contributed by atoms with Crippen LogP contribution >= 0.6 is 0 Å². The Kier molecular flexibility index (Phi) is 14.5. The van der Waals surface area contributed by atoms with Crippen molar-refractivity contribution in [1.29, 1.82) is 0 Å². The maximum Gasteiger partial charge on any atom is 0.187 e. The molecule has 0 fully saturated rings. The Morgan fingerprint density at radius 2 is 1.17 bits per heavy atom. The van der Waals surface area contributed by atoms with Crippen molar-refractivity contribution < 1.29 is 25.9 Å². The van der Waals surface area contributed by atoms with Crippen LogP contribution in [-0.2, 0) is 20.2 Å². The highest BCUT2D eigenvalue weighted by Gasteiger charge is 2.21. The van der Waals surface area contributed by atoms with Crippen LogP contribution < -0.4 is 0 Å². The van der Waals surface area contributed by atoms with E-state index in [4.69, 9.17) is 0 Å². The lowest BCUT2D eigenvalue weighted by atomic mass is 9.94. The predicted octanol–water partition coefficient (Wildman–Crippen LogP) is 3.11. The Labute approximate surface area is 180 Å². The molecule has 2 aliphatic heterocycles. The van der Waals surface area contributed by atoms with E-state index in [1.807, 2.05) is 24.8 Å². The van der Waals surface area contributed by atoms with Crippen LogP contribution in [0.1, 0.15) is 38.5 Å². The van der Waals surface area contributed by atoms with Crippen molar-refractivity contribution >= 4 is 32.7 Å². The summed E-state index contributed by atoms with van der Waals surface area (Å²) in [6.07, 6.45) is 21.2. The molecule has 0 aromatic carbocycles. The van der Waals surface area contributed by atoms with E-state index in [0.29, 0.717) is 0 Å². The standard InChI is InChI=1S/C14H18N2.2C3H6O3S/c1(5-13-7-3-9-15-11-13)2-6-14-8-4-10-16-12-14;2*1-2-3-7(4,5)6/h3-4,9-12H,1-2,5-8H2;2*2H,1,3H2,(H,4,5,6)/q+2;;/p-2. The molecule has 0 saturated heterocycles. The Hall–Kier alpha value is -2.14. The molecule has 8 nitrogen and oxygen atoms in total. The maximum atomic E-state index is 9.60. The number of aliphatic imine (C=N–C) groups is 2. The zero-order chi connectivity index (χ0) is 22.9. The van der Waals surface area contributed by atoms with Crippen molar-refractivity contribution in [3.8, 4) is 0 Å². The van der Waals surface area contributed by atoms with Crippen LogP contribution in [0.2, 0.25) is 0 Å². The van der Waals surface area contributed by atoms with Gasteiger partial charge in [-0.15, -0.1) is 13.2 Å². The van der Waals surface area contributed by atoms with Crippen LogP contribution in [0.4, 0.5) is 0 Å². The van der Waals surface area contributed by atoms with Crippen molar-refractivity contribution in [2.75, 3.05) is 11.5 Å². The minimum atomic E-state index is -4.04. The van der Waals surface area contributed by atoms with Gasteiger partial charge in [0, 0.05) is 12.4 Å². The zero-order valence-electron chi connectivity index (χ0n) is 16.9. The van der Waals surface area contributed by atoms with Gasteiger partial charge in [0.1, 0.15) is 24.7 Å². The van der Waals surface area contributed by atoms with Crippen molar-refractivity contribution in [2.24, 2.45) is 9.98 Å². The van der Waals surface area contributed by atoms with E-state index < -0.39 is 31.7 Å². The first-order valence-corrected chi connectivity index (χ1v) is 12.4. The van der Waals surface area contributed by atoms with Gasteiger partial charge in [0.15, 0.2) is 12.4 Å². The minimum absolute atomic E-state index is 0.479. The van der Waals surface area contributed by atoms with Gasteiger partial charge in [0.25, 0.3) is 0 Å². The molecule has 0 saturated carbocycles. The second-order valence-electron chi connectivity index (χ2n) is 6.28. The lowest BCUT2D eigenvalue weighted by Gasteiger charge is -2.02. The average molecular weight is 457 g/mol. The Morgan fingerprint density at radius 1 is 0.800 bits per heavy atom. The summed E-state index contributed by atoms with van der Waals surface area (Å²) in [6, 6.07) is 0. The summed E-state index contributed by atoms with van der Waals surface area (Å²) in [5.41, 5.74) is 0. The van der Waals surface area contributed by atoms with Crippen molar-refractivity contribution in [1.82, 2.24) is 0 Å². The molecule has 2 rings (SSSR count). The molecule has 2 aliphatic rings. The quantitative estimate of drug-likeness (QED) is 0.226. The van der Waals surface area contributed by atoms with Gasteiger partial charge in [-0.1, -0.05) is 12.2 Å². The van der Waals surface area contributed by atoms with E-state index in [2.05, 4.69) is 35.3 Å². The predicted molar refractivity (Wildman–Crippen MR) is 119 cm³/mol. The third-order valence-electron chi connectivity index (χ3n) is 3.55. The summed E-state index contributed by atoms with van der Waals surface area (Å²) in [6.45, 7) is 6.13. The highest BCUT2D eigenvalue weighted by Crippen LogP contribution is 2.21. The lowest BCUT2D eigenvalue weighted by Crippen LogP contribution is -2.03. The van der Waals surface area contributed by atoms with Crippen molar-refractivity contribution in [3.63, 3.8) is 0 Å². The first-order valence-electron chi connectivity index (χ1n) is 9.22. The van der Waals surface area contributed by atoms with E-state index >= 15 is 0 Å². The van der Waals surface area contributed by atoms with Crippen molar-refractivity contribution in [3.05, 3.63) is 61.7 Å². The van der Waals surface area contributed by atoms with Crippen LogP contribution in [0.15, 0.2) is 59.8 Å². The van der Waals surface area contributed by atoms with Gasteiger partial charge >= 0.3 is 0 Å². The number of unbranched alkanes of at least 4 members (excludes halogenated alkanes) is 1. The number of hydrogen-bond acceptors (Lipinski definition) is 8. The molecule has 166 valence electrons. The molecule has 30 heavy (non-hydrogen) atoms. The molecule has 0 aromatic heterocycles. The first-order chi connectivity index (χ1) is 14.1. The monoisotopic (exact) mass is 456 g/mol. The highest BCUT2D eigenvalue weighted by molar-refractivity contribution is 7.86. The number of allylic oxidation sites excluding steroid dienone is 2. The fourth-order valence-electron chi connectivity index (χ4n) is 2.26. The molecule has 10 heteroatoms. The fraction of sp³-hybridized carbons (Fsp3) is 0.400. The molecule has 2 heterocycles. The van der Waals surface area contributed by atoms with Crippen LogP contribution in [0.5, 0.6) is 0 Å². The number of hydrogen-bond donors (Lipinski definition) is 0. The van der Waals surface area contributed by atoms with Crippen LogP contribution in [-0.4, -0.2) is 49.9 Å². The van der Waals surface area contributed by atoms with Crippen LogP contribution in [0.25, 0.3) is 0 Å². The fourth-order valence-corrected chi connectivity index (χ4v) is 2.84. The molecule has 0 amide bonds. The summed E-state index contributed by atoms with van der Waals surface area (Å²) in [4.78, 5) is 8.30. The van der Waals surface area contributed by atoms with E-state index in [9.17, 15) is 25.9 Å². The third kappa shape index (κ3) is 19.2. The van der Waals surface area contributed by atoms with Crippen LogP contribution in [0.3, 0.4) is 0 Å². The van der Waals surface area contributed by atoms with Gasteiger partial charge in [0.2, 0.25) is 0 Å². The SMILES string of the molecule is C1=CN=C[C+](CCCC[C+]2C=NC=CC2)C1.C=CCS(=O)(=O)[O-].C=CCS(=O)(=O)[O-]. The summed E-state index contributed by atoms with van der Waals surface area (Å²) >= 11 is 0. The minimum Gasteiger partial charge on any atom is -0.748 e. The molecule has 0 radical (unpaired) electrons. The molecule has 0 atom stereocenters. The second kappa shape index (κ2) is 15.7. The average Bonchev–Trinajstić information content (AvgIpc) is 2.66. The molecule has 0 N–H and O–H groups in total. The van der Waals surface area contributed by atoms with Gasteiger partial charge in [-0.25, -0.2) is 26.8 Å². The summed E-state index contributed by atoms with van der Waals surface area (Å²) in [5.74, 6) is 1.97. The topological polar surface area (TPSA) is 139 Å². The van der Waals surface area contributed by atoms with Gasteiger partial charge in [-0.05, 0) is 25.0 Å². The summed E-state index contributed by atoms with van der Waals surface area (Å²) in [5, 5.41) is 0. The summed E-state index contributed by atoms with van der Waals surface area (Å²) in [7, 11) is -8.08. The highest BCUT2D eigenvalue weighted by atomic mass is 32.2. The molecular formula is C20H28N2O6S2. The maximum absolute atomic E-state index is 9.60. The molecule has 0 aromatic rings. The van der Waals surface area contributed by atoms with Gasteiger partial charge in [0.05, 0.1) is 44.6 Å². The molecule has 0 aliphatic carbocycles. The van der Waals surface area contributed by atoms with Gasteiger partial charge < -0.3 is 9.11 Å². The molecule has 0 bridgehead atoms. The molecule has 0 unspecified atom stereocenters. The van der Waals surface area contributed by atoms with E-state index in [0.717, 1.165) is 25.0 Å². The van der Waals surface area contributed by atoms with E-state index in [1.165, 1.54) is 37.5 Å². The van der Waals surface area contributed by atoms with Crippen molar-refractivity contribution in [2.45, 2.75) is 38.5 Å². The van der Waals surface area contributed by atoms with Gasteiger partial charge in [-0.3, -0.25) is 0 Å². The lowest BCUT2D eigenvalue weighted by molar-refractivity contribution is 0.464. The van der Waals surface area contributed by atoms with E-state index in [1.54, 1.807) is 0 Å². The zero-order valence-corrected chi connectivity index (χ0v) is 18.5. The molecular weight excluding hydrogens is 428 g/mol.